The second-order valence-corrected chi connectivity index (χ2v) is 7.15. The maximum atomic E-state index is 10.5. The third-order valence-corrected chi connectivity index (χ3v) is 5.34. The van der Waals surface area contributed by atoms with E-state index in [9.17, 15) is 5.11 Å². The third-order valence-electron chi connectivity index (χ3n) is 5.34. The van der Waals surface area contributed by atoms with E-state index in [-0.39, 0.29) is 12.2 Å². The summed E-state index contributed by atoms with van der Waals surface area (Å²) in [5.41, 5.74) is 1.09. The highest BCUT2D eigenvalue weighted by Gasteiger charge is 2.26. The summed E-state index contributed by atoms with van der Waals surface area (Å²) in [6.07, 6.45) is 9.64. The SMILES string of the molecule is CN=C(NCC(O)C1CCCCC1)N1CCOC(c2cnn(C)c2)C1. The Morgan fingerprint density at radius 1 is 1.44 bits per heavy atom. The summed E-state index contributed by atoms with van der Waals surface area (Å²) in [5, 5.41) is 18.1. The number of nitrogens with zero attached hydrogens (tertiary/aromatic N) is 4. The van der Waals surface area contributed by atoms with Crippen molar-refractivity contribution in [1.82, 2.24) is 20.0 Å². The zero-order valence-corrected chi connectivity index (χ0v) is 15.4. The number of rotatable bonds is 4. The number of aryl methyl sites for hydroxylation is 1. The molecule has 2 heterocycles. The number of hydrogen-bond acceptors (Lipinski definition) is 4. The molecule has 2 N–H and O–H groups in total. The van der Waals surface area contributed by atoms with Crippen LogP contribution in [0.15, 0.2) is 17.4 Å². The van der Waals surface area contributed by atoms with E-state index in [1.807, 2.05) is 19.4 Å². The van der Waals surface area contributed by atoms with Crippen molar-refractivity contribution in [3.8, 4) is 0 Å². The van der Waals surface area contributed by atoms with Gasteiger partial charge in [-0.1, -0.05) is 19.3 Å². The maximum absolute atomic E-state index is 10.5. The van der Waals surface area contributed by atoms with Crippen LogP contribution in [0.2, 0.25) is 0 Å². The lowest BCUT2D eigenvalue weighted by molar-refractivity contribution is -0.00841. The highest BCUT2D eigenvalue weighted by molar-refractivity contribution is 5.80. The largest absolute Gasteiger partial charge is 0.391 e. The predicted octanol–water partition coefficient (Wildman–Crippen LogP) is 1.31. The summed E-state index contributed by atoms with van der Waals surface area (Å²) in [7, 11) is 3.71. The Bertz CT molecular complexity index is 568. The fourth-order valence-electron chi connectivity index (χ4n) is 3.86. The van der Waals surface area contributed by atoms with Crippen LogP contribution in [-0.4, -0.2) is 65.1 Å². The molecule has 0 aromatic carbocycles. The monoisotopic (exact) mass is 349 g/mol. The van der Waals surface area contributed by atoms with Crippen molar-refractivity contribution in [2.24, 2.45) is 18.0 Å². The van der Waals surface area contributed by atoms with Gasteiger partial charge in [0.1, 0.15) is 6.10 Å². The van der Waals surface area contributed by atoms with Crippen LogP contribution < -0.4 is 5.32 Å². The Labute approximate surface area is 150 Å². The van der Waals surface area contributed by atoms with Crippen molar-refractivity contribution in [3.63, 3.8) is 0 Å². The van der Waals surface area contributed by atoms with Crippen LogP contribution in [-0.2, 0) is 11.8 Å². The number of aliphatic imine (C=N–C) groups is 1. The molecule has 0 spiro atoms. The number of aromatic nitrogens is 2. The number of aliphatic hydroxyl groups excluding tert-OH is 1. The molecule has 0 amide bonds. The van der Waals surface area contributed by atoms with Crippen molar-refractivity contribution in [2.75, 3.05) is 33.3 Å². The van der Waals surface area contributed by atoms with Crippen LogP contribution in [0.3, 0.4) is 0 Å². The molecule has 1 aliphatic heterocycles. The van der Waals surface area contributed by atoms with Crippen molar-refractivity contribution in [1.29, 1.82) is 0 Å². The number of ether oxygens (including phenoxy) is 1. The molecular weight excluding hydrogens is 318 g/mol. The maximum Gasteiger partial charge on any atom is 0.193 e. The minimum Gasteiger partial charge on any atom is -0.391 e. The van der Waals surface area contributed by atoms with Crippen molar-refractivity contribution >= 4 is 5.96 Å². The topological polar surface area (TPSA) is 74.9 Å². The molecule has 2 aliphatic rings. The van der Waals surface area contributed by atoms with Crippen LogP contribution in [0, 0.1) is 5.92 Å². The van der Waals surface area contributed by atoms with Gasteiger partial charge < -0.3 is 20.1 Å². The molecule has 2 unspecified atom stereocenters. The van der Waals surface area contributed by atoms with Gasteiger partial charge in [0.15, 0.2) is 5.96 Å². The molecule has 140 valence electrons. The summed E-state index contributed by atoms with van der Waals surface area (Å²) in [6, 6.07) is 0. The Morgan fingerprint density at radius 2 is 2.24 bits per heavy atom. The first kappa shape index (κ1) is 18.2. The molecule has 1 saturated heterocycles. The van der Waals surface area contributed by atoms with Gasteiger partial charge in [-0.15, -0.1) is 0 Å². The van der Waals surface area contributed by atoms with Gasteiger partial charge in [0.05, 0.1) is 25.5 Å². The lowest BCUT2D eigenvalue weighted by atomic mass is 9.85. The highest BCUT2D eigenvalue weighted by Crippen LogP contribution is 2.26. The van der Waals surface area contributed by atoms with Crippen LogP contribution in [0.4, 0.5) is 0 Å². The van der Waals surface area contributed by atoms with Gasteiger partial charge in [-0.05, 0) is 18.8 Å². The average molecular weight is 349 g/mol. The molecule has 3 rings (SSSR count). The molecular formula is C18H31N5O2. The molecule has 7 nitrogen and oxygen atoms in total. The molecule has 7 heteroatoms. The first-order valence-electron chi connectivity index (χ1n) is 9.41. The normalized spacial score (nSPS) is 24.4. The Morgan fingerprint density at radius 3 is 2.92 bits per heavy atom. The molecule has 1 aromatic rings. The molecule has 25 heavy (non-hydrogen) atoms. The number of guanidine groups is 1. The second kappa shape index (κ2) is 8.67. The van der Waals surface area contributed by atoms with Gasteiger partial charge >= 0.3 is 0 Å². The molecule has 1 saturated carbocycles. The average Bonchev–Trinajstić information content (AvgIpc) is 3.09. The van der Waals surface area contributed by atoms with Crippen molar-refractivity contribution in [3.05, 3.63) is 18.0 Å². The predicted molar refractivity (Wildman–Crippen MR) is 97.4 cm³/mol. The second-order valence-electron chi connectivity index (χ2n) is 7.15. The first-order chi connectivity index (χ1) is 12.2. The van der Waals surface area contributed by atoms with Gasteiger partial charge in [-0.3, -0.25) is 9.67 Å². The first-order valence-corrected chi connectivity index (χ1v) is 9.41. The van der Waals surface area contributed by atoms with Gasteiger partial charge in [0.25, 0.3) is 0 Å². The molecule has 1 aromatic heterocycles. The number of morpholine rings is 1. The number of hydrogen-bond donors (Lipinski definition) is 2. The molecule has 0 bridgehead atoms. The Hall–Kier alpha value is -1.60. The quantitative estimate of drug-likeness (QED) is 0.633. The zero-order chi connectivity index (χ0) is 17.6. The molecule has 0 radical (unpaired) electrons. The number of nitrogens with one attached hydrogen (secondary N) is 1. The summed E-state index contributed by atoms with van der Waals surface area (Å²) < 4.78 is 7.69. The third kappa shape index (κ3) is 4.73. The lowest BCUT2D eigenvalue weighted by Gasteiger charge is -2.35. The Balaban J connectivity index is 1.53. The molecule has 2 atom stereocenters. The smallest absolute Gasteiger partial charge is 0.193 e. The summed E-state index contributed by atoms with van der Waals surface area (Å²) in [4.78, 5) is 6.61. The van der Waals surface area contributed by atoms with Crippen LogP contribution in [0.1, 0.15) is 43.8 Å². The molecule has 1 aliphatic carbocycles. The van der Waals surface area contributed by atoms with Gasteiger partial charge in [-0.25, -0.2) is 0 Å². The van der Waals surface area contributed by atoms with E-state index >= 15 is 0 Å². The number of aliphatic hydroxyl groups is 1. The summed E-state index contributed by atoms with van der Waals surface area (Å²) in [6.45, 7) is 2.76. The fraction of sp³-hybridized carbons (Fsp3) is 0.778. The van der Waals surface area contributed by atoms with Crippen LogP contribution >= 0.6 is 0 Å². The van der Waals surface area contributed by atoms with Gasteiger partial charge in [0, 0.05) is 38.9 Å². The van der Waals surface area contributed by atoms with Crippen LogP contribution in [0.5, 0.6) is 0 Å². The van der Waals surface area contributed by atoms with E-state index in [1.165, 1.54) is 19.3 Å². The van der Waals surface area contributed by atoms with Crippen molar-refractivity contribution < 1.29 is 9.84 Å². The summed E-state index contributed by atoms with van der Waals surface area (Å²) >= 11 is 0. The lowest BCUT2D eigenvalue weighted by Crippen LogP contribution is -2.50. The van der Waals surface area contributed by atoms with E-state index < -0.39 is 0 Å². The molecule has 2 fully saturated rings. The Kier molecular flexibility index (Phi) is 6.31. The van der Waals surface area contributed by atoms with E-state index in [2.05, 4.69) is 20.3 Å². The standard InChI is InChI=1S/C18H31N5O2/c1-19-18(20-11-16(24)14-6-4-3-5-7-14)23-8-9-25-17(13-23)15-10-21-22(2)12-15/h10,12,14,16-17,24H,3-9,11,13H2,1-2H3,(H,19,20). The minimum absolute atomic E-state index is 0.00395. The van der Waals surface area contributed by atoms with E-state index in [0.29, 0.717) is 19.1 Å². The van der Waals surface area contributed by atoms with Gasteiger partial charge in [-0.2, -0.15) is 5.10 Å². The van der Waals surface area contributed by atoms with E-state index in [4.69, 9.17) is 4.74 Å². The highest BCUT2D eigenvalue weighted by atomic mass is 16.5. The van der Waals surface area contributed by atoms with Crippen molar-refractivity contribution in [2.45, 2.75) is 44.3 Å². The van der Waals surface area contributed by atoms with E-state index in [0.717, 1.165) is 37.5 Å². The van der Waals surface area contributed by atoms with Gasteiger partial charge in [0.2, 0.25) is 0 Å². The van der Waals surface area contributed by atoms with Crippen LogP contribution in [0.25, 0.3) is 0 Å². The van der Waals surface area contributed by atoms with E-state index in [1.54, 1.807) is 11.7 Å². The zero-order valence-electron chi connectivity index (χ0n) is 15.4. The summed E-state index contributed by atoms with van der Waals surface area (Å²) in [5.74, 6) is 1.26. The fourth-order valence-corrected chi connectivity index (χ4v) is 3.86. The minimum atomic E-state index is -0.299.